The van der Waals surface area contributed by atoms with Crippen molar-refractivity contribution in [3.63, 3.8) is 0 Å². The highest BCUT2D eigenvalue weighted by Crippen LogP contribution is 2.29. The zero-order chi connectivity index (χ0) is 16.9. The van der Waals surface area contributed by atoms with Gasteiger partial charge in [-0.1, -0.05) is 0 Å². The molecule has 2 heterocycles. The smallest absolute Gasteiger partial charge is 0.225 e. The minimum atomic E-state index is 0.791. The first kappa shape index (κ1) is 16.5. The first-order valence-electron chi connectivity index (χ1n) is 8.28. The van der Waals surface area contributed by atoms with Gasteiger partial charge < -0.3 is 19.3 Å². The molecule has 0 bridgehead atoms. The van der Waals surface area contributed by atoms with Crippen molar-refractivity contribution < 1.29 is 14.4 Å². The number of rotatable bonds is 5. The van der Waals surface area contributed by atoms with Crippen molar-refractivity contribution in [1.82, 2.24) is 9.97 Å². The Morgan fingerprint density at radius 1 is 1.04 bits per heavy atom. The second kappa shape index (κ2) is 7.49. The van der Waals surface area contributed by atoms with Crippen molar-refractivity contribution >= 4 is 5.95 Å². The van der Waals surface area contributed by atoms with Crippen LogP contribution in [0.1, 0.15) is 11.1 Å². The lowest BCUT2D eigenvalue weighted by atomic mass is 10.1. The fourth-order valence-corrected chi connectivity index (χ4v) is 3.14. The van der Waals surface area contributed by atoms with Crippen molar-refractivity contribution in [1.29, 1.82) is 0 Å². The van der Waals surface area contributed by atoms with Crippen LogP contribution < -0.4 is 19.3 Å². The lowest BCUT2D eigenvalue weighted by Gasteiger charge is -2.32. The summed E-state index contributed by atoms with van der Waals surface area (Å²) in [7, 11) is 3.36. The Morgan fingerprint density at radius 3 is 2.29 bits per heavy atom. The fourth-order valence-electron chi connectivity index (χ4n) is 3.14. The Bertz CT molecular complexity index is 670. The van der Waals surface area contributed by atoms with E-state index in [0.717, 1.165) is 50.2 Å². The maximum Gasteiger partial charge on any atom is 0.225 e. The molecule has 0 aliphatic carbocycles. The zero-order valence-corrected chi connectivity index (χ0v) is 14.6. The monoisotopic (exact) mass is 329 g/mol. The van der Waals surface area contributed by atoms with Gasteiger partial charge in [0, 0.05) is 18.0 Å². The number of ether oxygens (including phenoxy) is 2. The number of benzene rings is 1. The predicted molar refractivity (Wildman–Crippen MR) is 92.9 cm³/mol. The summed E-state index contributed by atoms with van der Waals surface area (Å²) in [6.45, 7) is 7.23. The first-order chi connectivity index (χ1) is 11.7. The van der Waals surface area contributed by atoms with Crippen molar-refractivity contribution in [3.05, 3.63) is 41.7 Å². The van der Waals surface area contributed by atoms with E-state index in [-0.39, 0.29) is 0 Å². The Labute approximate surface area is 143 Å². The molecule has 0 saturated carbocycles. The topological polar surface area (TPSA) is 51.9 Å². The standard InChI is InChI=1S/C18H24N4O2/c1-14-11-16(23-2)17(24-3)12-15(14)13-21-7-9-22(10-8-21)18-19-5-4-6-20-18/h4-6,11-12H,7-10,13H2,1-3H3/p+1. The molecule has 1 fully saturated rings. The van der Waals surface area contributed by atoms with Gasteiger partial charge in [-0.2, -0.15) is 0 Å². The van der Waals surface area contributed by atoms with Crippen LogP contribution in [0.4, 0.5) is 5.95 Å². The maximum atomic E-state index is 5.44. The molecule has 0 amide bonds. The normalized spacial score (nSPS) is 15.4. The molecule has 6 nitrogen and oxygen atoms in total. The van der Waals surface area contributed by atoms with Crippen LogP contribution >= 0.6 is 0 Å². The minimum absolute atomic E-state index is 0.791. The largest absolute Gasteiger partial charge is 0.493 e. The summed E-state index contributed by atoms with van der Waals surface area (Å²) < 4.78 is 10.8. The third kappa shape index (κ3) is 3.59. The summed E-state index contributed by atoms with van der Waals surface area (Å²) in [5.74, 6) is 2.42. The Kier molecular flexibility index (Phi) is 5.15. The molecule has 0 radical (unpaired) electrons. The van der Waals surface area contributed by atoms with Crippen molar-refractivity contribution in [2.45, 2.75) is 13.5 Å². The van der Waals surface area contributed by atoms with Gasteiger partial charge in [-0.05, 0) is 30.7 Å². The van der Waals surface area contributed by atoms with Gasteiger partial charge in [0.15, 0.2) is 11.5 Å². The average molecular weight is 329 g/mol. The molecule has 1 N–H and O–H groups in total. The van der Waals surface area contributed by atoms with Gasteiger partial charge in [-0.15, -0.1) is 0 Å². The lowest BCUT2D eigenvalue weighted by molar-refractivity contribution is -0.914. The van der Waals surface area contributed by atoms with E-state index in [1.165, 1.54) is 11.1 Å². The van der Waals surface area contributed by atoms with E-state index >= 15 is 0 Å². The molecule has 2 aromatic rings. The van der Waals surface area contributed by atoms with E-state index in [9.17, 15) is 0 Å². The highest BCUT2D eigenvalue weighted by atomic mass is 16.5. The molecule has 0 unspecified atom stereocenters. The third-order valence-corrected chi connectivity index (χ3v) is 4.59. The lowest BCUT2D eigenvalue weighted by Crippen LogP contribution is -3.13. The molecule has 1 aliphatic heterocycles. The molecular formula is C18H25N4O2+. The fraction of sp³-hybridized carbons (Fsp3) is 0.444. The van der Waals surface area contributed by atoms with E-state index in [2.05, 4.69) is 33.9 Å². The second-order valence-corrected chi connectivity index (χ2v) is 6.10. The van der Waals surface area contributed by atoms with Crippen LogP contribution in [0.25, 0.3) is 0 Å². The van der Waals surface area contributed by atoms with E-state index in [0.29, 0.717) is 0 Å². The molecule has 3 rings (SSSR count). The summed E-state index contributed by atoms with van der Waals surface area (Å²) in [4.78, 5) is 12.5. The molecule has 0 atom stereocenters. The van der Waals surface area contributed by atoms with Crippen LogP contribution in [0, 0.1) is 6.92 Å². The van der Waals surface area contributed by atoms with Gasteiger partial charge in [0.2, 0.25) is 5.95 Å². The van der Waals surface area contributed by atoms with Crippen LogP contribution in [0.5, 0.6) is 11.5 Å². The Hall–Kier alpha value is -2.34. The molecule has 1 saturated heterocycles. The van der Waals surface area contributed by atoms with Gasteiger partial charge in [0.1, 0.15) is 6.54 Å². The predicted octanol–water partition coefficient (Wildman–Crippen LogP) is 0.707. The number of methoxy groups -OCH3 is 2. The number of anilines is 1. The molecule has 0 spiro atoms. The molecule has 1 aromatic carbocycles. The number of piperazine rings is 1. The number of aryl methyl sites for hydroxylation is 1. The van der Waals surface area contributed by atoms with Gasteiger partial charge in [-0.3, -0.25) is 0 Å². The van der Waals surface area contributed by atoms with E-state index < -0.39 is 0 Å². The summed E-state index contributed by atoms with van der Waals surface area (Å²) in [6, 6.07) is 6.01. The summed E-state index contributed by atoms with van der Waals surface area (Å²) in [5, 5.41) is 0. The quantitative estimate of drug-likeness (QED) is 0.875. The zero-order valence-electron chi connectivity index (χ0n) is 14.6. The van der Waals surface area contributed by atoms with Crippen molar-refractivity contribution in [2.75, 3.05) is 45.3 Å². The molecule has 1 aromatic heterocycles. The van der Waals surface area contributed by atoms with Crippen LogP contribution in [0.3, 0.4) is 0 Å². The summed E-state index contributed by atoms with van der Waals surface area (Å²) >= 11 is 0. The molecular weight excluding hydrogens is 304 g/mol. The number of nitrogens with zero attached hydrogens (tertiary/aromatic N) is 3. The van der Waals surface area contributed by atoms with Crippen LogP contribution in [-0.2, 0) is 6.54 Å². The van der Waals surface area contributed by atoms with Gasteiger partial charge in [-0.25, -0.2) is 9.97 Å². The van der Waals surface area contributed by atoms with Gasteiger partial charge in [0.05, 0.1) is 40.4 Å². The summed E-state index contributed by atoms with van der Waals surface area (Å²) in [5.41, 5.74) is 2.56. The van der Waals surface area contributed by atoms with E-state index in [1.807, 2.05) is 6.07 Å². The highest BCUT2D eigenvalue weighted by molar-refractivity contribution is 5.46. The van der Waals surface area contributed by atoms with Crippen molar-refractivity contribution in [3.8, 4) is 11.5 Å². The Morgan fingerprint density at radius 2 is 1.67 bits per heavy atom. The second-order valence-electron chi connectivity index (χ2n) is 6.10. The average Bonchev–Trinajstić information content (AvgIpc) is 2.64. The maximum absolute atomic E-state index is 5.44. The number of hydrogen-bond donors (Lipinski definition) is 1. The van der Waals surface area contributed by atoms with Gasteiger partial charge in [0.25, 0.3) is 0 Å². The molecule has 24 heavy (non-hydrogen) atoms. The summed E-state index contributed by atoms with van der Waals surface area (Å²) in [6.07, 6.45) is 3.60. The third-order valence-electron chi connectivity index (χ3n) is 4.59. The van der Waals surface area contributed by atoms with Crippen molar-refractivity contribution in [2.24, 2.45) is 0 Å². The number of quaternary nitrogens is 1. The van der Waals surface area contributed by atoms with Crippen LogP contribution in [0.2, 0.25) is 0 Å². The minimum Gasteiger partial charge on any atom is -0.493 e. The number of aromatic nitrogens is 2. The van der Waals surface area contributed by atoms with E-state index in [4.69, 9.17) is 9.47 Å². The first-order valence-corrected chi connectivity index (χ1v) is 8.28. The molecule has 1 aliphatic rings. The number of hydrogen-bond acceptors (Lipinski definition) is 5. The SMILES string of the molecule is COc1cc(C)c(C[NH+]2CCN(c3ncccn3)CC2)cc1OC. The van der Waals surface area contributed by atoms with Gasteiger partial charge >= 0.3 is 0 Å². The van der Waals surface area contributed by atoms with E-state index in [1.54, 1.807) is 31.5 Å². The molecule has 6 heteroatoms. The Balaban J connectivity index is 1.64. The number of nitrogens with one attached hydrogen (secondary N) is 1. The molecule has 128 valence electrons. The highest BCUT2D eigenvalue weighted by Gasteiger charge is 2.22. The van der Waals surface area contributed by atoms with Crippen LogP contribution in [0.15, 0.2) is 30.6 Å². The van der Waals surface area contributed by atoms with Crippen LogP contribution in [-0.4, -0.2) is 50.4 Å².